The Morgan fingerprint density at radius 2 is 1.94 bits per heavy atom. The van der Waals surface area contributed by atoms with Crippen molar-refractivity contribution in [3.05, 3.63) is 35.9 Å². The van der Waals surface area contributed by atoms with E-state index in [-0.39, 0.29) is 11.8 Å². The Morgan fingerprint density at radius 3 is 2.53 bits per heavy atom. The lowest BCUT2D eigenvalue weighted by Gasteiger charge is -2.14. The summed E-state index contributed by atoms with van der Waals surface area (Å²) in [5.41, 5.74) is 6.42. The molecule has 0 spiro atoms. The molecule has 0 aliphatic rings. The van der Waals surface area contributed by atoms with Crippen LogP contribution in [0.4, 0.5) is 0 Å². The second kappa shape index (κ2) is 6.74. The van der Waals surface area contributed by atoms with E-state index in [1.165, 1.54) is 0 Å². The van der Waals surface area contributed by atoms with Crippen molar-refractivity contribution in [1.29, 1.82) is 0 Å². The van der Waals surface area contributed by atoms with Crippen LogP contribution in [0, 0.1) is 0 Å². The Hall–Kier alpha value is -0.910. The number of benzene rings is 1. The van der Waals surface area contributed by atoms with Gasteiger partial charge in [0, 0.05) is 6.04 Å². The first kappa shape index (κ1) is 14.2. The van der Waals surface area contributed by atoms with Crippen LogP contribution in [-0.4, -0.2) is 26.8 Å². The van der Waals surface area contributed by atoms with Crippen molar-refractivity contribution in [2.24, 2.45) is 5.73 Å². The number of nitrogens with one attached hydrogen (secondary N) is 1. The van der Waals surface area contributed by atoms with E-state index >= 15 is 0 Å². The highest BCUT2D eigenvalue weighted by molar-refractivity contribution is 7.89. The van der Waals surface area contributed by atoms with Crippen LogP contribution in [0.5, 0.6) is 0 Å². The third-order valence-electron chi connectivity index (χ3n) is 2.38. The van der Waals surface area contributed by atoms with Gasteiger partial charge >= 0.3 is 0 Å². The largest absolute Gasteiger partial charge is 0.330 e. The van der Waals surface area contributed by atoms with Crippen molar-refractivity contribution in [3.63, 3.8) is 0 Å². The molecule has 4 nitrogen and oxygen atoms in total. The molecule has 1 rings (SSSR count). The quantitative estimate of drug-likeness (QED) is 0.761. The van der Waals surface area contributed by atoms with Crippen LogP contribution in [-0.2, 0) is 16.4 Å². The maximum Gasteiger partial charge on any atom is 0.211 e. The minimum absolute atomic E-state index is 0.0971. The van der Waals surface area contributed by atoms with Crippen LogP contribution in [0.25, 0.3) is 0 Å². The predicted molar refractivity (Wildman–Crippen MR) is 70.2 cm³/mol. The van der Waals surface area contributed by atoms with Crippen LogP contribution in [0.1, 0.15) is 18.9 Å². The molecule has 0 heterocycles. The van der Waals surface area contributed by atoms with E-state index in [0.717, 1.165) is 5.56 Å². The number of rotatable bonds is 7. The van der Waals surface area contributed by atoms with Gasteiger partial charge in [0.25, 0.3) is 0 Å². The lowest BCUT2D eigenvalue weighted by molar-refractivity contribution is 0.557. The molecule has 0 aliphatic carbocycles. The Labute approximate surface area is 103 Å². The minimum Gasteiger partial charge on any atom is -0.330 e. The topological polar surface area (TPSA) is 72.2 Å². The number of sulfonamides is 1. The van der Waals surface area contributed by atoms with E-state index in [9.17, 15) is 8.42 Å². The summed E-state index contributed by atoms with van der Waals surface area (Å²) in [6.07, 6.45) is 1.19. The Bertz CT molecular complexity index is 417. The first-order valence-corrected chi connectivity index (χ1v) is 7.43. The van der Waals surface area contributed by atoms with E-state index in [4.69, 9.17) is 5.73 Å². The van der Waals surface area contributed by atoms with E-state index in [0.29, 0.717) is 19.4 Å². The molecule has 0 aromatic heterocycles. The zero-order valence-corrected chi connectivity index (χ0v) is 10.9. The van der Waals surface area contributed by atoms with Crippen LogP contribution in [0.2, 0.25) is 0 Å². The molecule has 1 aromatic rings. The lowest BCUT2D eigenvalue weighted by Crippen LogP contribution is -2.36. The fourth-order valence-electron chi connectivity index (χ4n) is 1.65. The summed E-state index contributed by atoms with van der Waals surface area (Å²) in [6, 6.07) is 9.73. The molecular weight excluding hydrogens is 236 g/mol. The predicted octanol–water partition coefficient (Wildman–Crippen LogP) is 0.886. The van der Waals surface area contributed by atoms with Gasteiger partial charge < -0.3 is 5.73 Å². The average Bonchev–Trinajstić information content (AvgIpc) is 2.27. The highest BCUT2D eigenvalue weighted by Gasteiger charge is 2.13. The molecule has 1 atom stereocenters. The van der Waals surface area contributed by atoms with Gasteiger partial charge in [0.2, 0.25) is 10.0 Å². The number of hydrogen-bond acceptors (Lipinski definition) is 3. The molecule has 17 heavy (non-hydrogen) atoms. The second-order valence-corrected chi connectivity index (χ2v) is 6.04. The highest BCUT2D eigenvalue weighted by Crippen LogP contribution is 2.04. The molecule has 96 valence electrons. The average molecular weight is 256 g/mol. The molecule has 3 N–H and O–H groups in total. The Balaban J connectivity index is 2.47. The zero-order valence-electron chi connectivity index (χ0n) is 10.1. The lowest BCUT2D eigenvalue weighted by atomic mass is 10.1. The molecule has 1 unspecified atom stereocenters. The maximum absolute atomic E-state index is 11.6. The summed E-state index contributed by atoms with van der Waals surface area (Å²) < 4.78 is 25.9. The van der Waals surface area contributed by atoms with Crippen molar-refractivity contribution in [3.8, 4) is 0 Å². The van der Waals surface area contributed by atoms with Gasteiger partial charge in [-0.25, -0.2) is 13.1 Å². The van der Waals surface area contributed by atoms with E-state index < -0.39 is 10.0 Å². The fourth-order valence-corrected chi connectivity index (χ4v) is 3.01. The van der Waals surface area contributed by atoms with Crippen molar-refractivity contribution < 1.29 is 8.42 Å². The molecule has 0 saturated heterocycles. The number of nitrogens with two attached hydrogens (primary N) is 1. The van der Waals surface area contributed by atoms with Gasteiger partial charge in [0.05, 0.1) is 5.75 Å². The smallest absolute Gasteiger partial charge is 0.211 e. The third-order valence-corrected chi connectivity index (χ3v) is 3.97. The molecule has 0 bridgehead atoms. The molecule has 0 saturated carbocycles. The fraction of sp³-hybridized carbons (Fsp3) is 0.500. The van der Waals surface area contributed by atoms with Crippen molar-refractivity contribution in [2.45, 2.75) is 25.8 Å². The third kappa shape index (κ3) is 5.81. The summed E-state index contributed by atoms with van der Waals surface area (Å²) in [5, 5.41) is 0. The summed E-state index contributed by atoms with van der Waals surface area (Å²) in [4.78, 5) is 0. The summed E-state index contributed by atoms with van der Waals surface area (Å²) in [7, 11) is -3.19. The molecule has 1 aromatic carbocycles. The molecule has 5 heteroatoms. The highest BCUT2D eigenvalue weighted by atomic mass is 32.2. The molecule has 0 radical (unpaired) electrons. The first-order valence-electron chi connectivity index (χ1n) is 5.77. The summed E-state index contributed by atoms with van der Waals surface area (Å²) in [5.74, 6) is 0.0998. The molecule has 0 fully saturated rings. The van der Waals surface area contributed by atoms with Crippen molar-refractivity contribution >= 4 is 10.0 Å². The van der Waals surface area contributed by atoms with Crippen molar-refractivity contribution in [2.75, 3.05) is 12.3 Å². The molecule has 0 aliphatic heterocycles. The van der Waals surface area contributed by atoms with E-state index in [1.807, 2.05) is 37.3 Å². The van der Waals surface area contributed by atoms with Crippen LogP contribution in [0.15, 0.2) is 30.3 Å². The summed E-state index contributed by atoms with van der Waals surface area (Å²) in [6.45, 7) is 2.26. The van der Waals surface area contributed by atoms with Gasteiger partial charge in [0.15, 0.2) is 0 Å². The Kier molecular flexibility index (Phi) is 5.61. The van der Waals surface area contributed by atoms with Gasteiger partial charge in [-0.1, -0.05) is 30.3 Å². The van der Waals surface area contributed by atoms with Gasteiger partial charge in [-0.3, -0.25) is 0 Å². The van der Waals surface area contributed by atoms with Gasteiger partial charge in [0.1, 0.15) is 0 Å². The minimum atomic E-state index is -3.19. The SMILES string of the molecule is CC(Cc1ccccc1)NS(=O)(=O)CCCN. The molecule has 0 amide bonds. The van der Waals surface area contributed by atoms with Gasteiger partial charge in [-0.15, -0.1) is 0 Å². The standard InChI is InChI=1S/C12H20N2O2S/c1-11(10-12-6-3-2-4-7-12)14-17(15,16)9-5-8-13/h2-4,6-7,11,14H,5,8-10,13H2,1H3. The van der Waals surface area contributed by atoms with Crippen LogP contribution >= 0.6 is 0 Å². The van der Waals surface area contributed by atoms with Gasteiger partial charge in [-0.05, 0) is 31.9 Å². The van der Waals surface area contributed by atoms with E-state index in [2.05, 4.69) is 4.72 Å². The number of hydrogen-bond donors (Lipinski definition) is 2. The van der Waals surface area contributed by atoms with Crippen LogP contribution < -0.4 is 10.5 Å². The van der Waals surface area contributed by atoms with Gasteiger partial charge in [-0.2, -0.15) is 0 Å². The van der Waals surface area contributed by atoms with Crippen molar-refractivity contribution in [1.82, 2.24) is 4.72 Å². The zero-order chi connectivity index (χ0) is 12.7. The first-order chi connectivity index (χ1) is 8.03. The maximum atomic E-state index is 11.6. The van der Waals surface area contributed by atoms with Crippen LogP contribution in [0.3, 0.4) is 0 Å². The molecular formula is C12H20N2O2S. The van der Waals surface area contributed by atoms with E-state index in [1.54, 1.807) is 0 Å². The Morgan fingerprint density at radius 1 is 1.29 bits per heavy atom. The monoisotopic (exact) mass is 256 g/mol. The summed E-state index contributed by atoms with van der Waals surface area (Å²) >= 11 is 0. The normalized spacial score (nSPS) is 13.5. The second-order valence-electron chi connectivity index (χ2n) is 4.17.